The molecule has 2 rings (SSSR count). The zero-order chi connectivity index (χ0) is 13.0. The monoisotopic (exact) mass is 272 g/mol. The molecule has 0 radical (unpaired) electrons. The van der Waals surface area contributed by atoms with Gasteiger partial charge in [-0.15, -0.1) is 0 Å². The van der Waals surface area contributed by atoms with Crippen molar-refractivity contribution in [2.75, 3.05) is 6.61 Å². The van der Waals surface area contributed by atoms with E-state index in [0.717, 1.165) is 32.3 Å². The first-order valence-electron chi connectivity index (χ1n) is 6.23. The van der Waals surface area contributed by atoms with E-state index in [1.807, 2.05) is 0 Å². The molecule has 2 atom stereocenters. The fourth-order valence-corrected chi connectivity index (χ4v) is 2.50. The lowest BCUT2D eigenvalue weighted by atomic mass is 9.99. The quantitative estimate of drug-likeness (QED) is 0.640. The Balaban J connectivity index is 1.98. The van der Waals surface area contributed by atoms with Crippen LogP contribution in [0.3, 0.4) is 0 Å². The molecule has 1 aromatic rings. The maximum Gasteiger partial charge on any atom is 0.129 e. The van der Waals surface area contributed by atoms with Crippen LogP contribution in [0.15, 0.2) is 18.2 Å². The van der Waals surface area contributed by atoms with Crippen LogP contribution in [0.25, 0.3) is 0 Å². The van der Waals surface area contributed by atoms with Gasteiger partial charge in [0.25, 0.3) is 0 Å². The van der Waals surface area contributed by atoms with Crippen molar-refractivity contribution in [3.63, 3.8) is 0 Å². The maximum absolute atomic E-state index is 13.8. The van der Waals surface area contributed by atoms with Gasteiger partial charge < -0.3 is 4.74 Å². The first-order chi connectivity index (χ1) is 8.70. The van der Waals surface area contributed by atoms with Gasteiger partial charge in [-0.1, -0.05) is 17.7 Å². The summed E-state index contributed by atoms with van der Waals surface area (Å²) in [5.74, 6) is 5.18. The van der Waals surface area contributed by atoms with Crippen molar-refractivity contribution in [1.29, 1.82) is 0 Å². The summed E-state index contributed by atoms with van der Waals surface area (Å²) >= 11 is 5.73. The fraction of sp³-hybridized carbons (Fsp3) is 0.538. The van der Waals surface area contributed by atoms with Crippen LogP contribution >= 0.6 is 11.6 Å². The van der Waals surface area contributed by atoms with Gasteiger partial charge >= 0.3 is 0 Å². The summed E-state index contributed by atoms with van der Waals surface area (Å²) < 4.78 is 19.3. The van der Waals surface area contributed by atoms with Crippen LogP contribution < -0.4 is 11.3 Å². The average molecular weight is 273 g/mol. The Labute approximate surface area is 111 Å². The molecule has 1 fully saturated rings. The number of halogens is 2. The highest BCUT2D eigenvalue weighted by Crippen LogP contribution is 2.26. The average Bonchev–Trinajstić information content (AvgIpc) is 2.85. The molecule has 0 aromatic heterocycles. The van der Waals surface area contributed by atoms with Crippen LogP contribution in [0.4, 0.5) is 4.39 Å². The molecule has 3 nitrogen and oxygen atoms in total. The zero-order valence-electron chi connectivity index (χ0n) is 10.2. The largest absolute Gasteiger partial charge is 0.378 e. The molecule has 0 aliphatic carbocycles. The van der Waals surface area contributed by atoms with Crippen molar-refractivity contribution in [3.8, 4) is 0 Å². The third-order valence-corrected chi connectivity index (χ3v) is 3.58. The maximum atomic E-state index is 13.8. The Morgan fingerprint density at radius 2 is 2.39 bits per heavy atom. The van der Waals surface area contributed by atoms with Crippen LogP contribution in [0, 0.1) is 5.82 Å². The van der Waals surface area contributed by atoms with E-state index >= 15 is 0 Å². The Morgan fingerprint density at radius 3 is 3.00 bits per heavy atom. The molecular formula is C13H18ClFN2O. The van der Waals surface area contributed by atoms with E-state index in [1.165, 1.54) is 6.07 Å². The Bertz CT molecular complexity index is 397. The van der Waals surface area contributed by atoms with E-state index < -0.39 is 0 Å². The molecule has 1 saturated heterocycles. The van der Waals surface area contributed by atoms with Crippen molar-refractivity contribution in [1.82, 2.24) is 5.43 Å². The number of benzene rings is 1. The van der Waals surface area contributed by atoms with E-state index in [1.54, 1.807) is 12.1 Å². The van der Waals surface area contributed by atoms with Crippen molar-refractivity contribution < 1.29 is 9.13 Å². The van der Waals surface area contributed by atoms with Crippen LogP contribution in [0.2, 0.25) is 5.02 Å². The van der Waals surface area contributed by atoms with Gasteiger partial charge in [0.2, 0.25) is 0 Å². The fourth-order valence-electron chi connectivity index (χ4n) is 2.34. The lowest BCUT2D eigenvalue weighted by Gasteiger charge is -2.19. The molecule has 100 valence electrons. The molecule has 0 saturated carbocycles. The van der Waals surface area contributed by atoms with Crippen LogP contribution in [0.5, 0.6) is 0 Å². The number of rotatable bonds is 5. The van der Waals surface area contributed by atoms with Crippen LogP contribution in [-0.4, -0.2) is 12.7 Å². The normalized spacial score (nSPS) is 21.2. The van der Waals surface area contributed by atoms with Crippen LogP contribution in [0.1, 0.15) is 37.3 Å². The van der Waals surface area contributed by atoms with Gasteiger partial charge in [0.1, 0.15) is 5.82 Å². The van der Waals surface area contributed by atoms with Gasteiger partial charge in [-0.2, -0.15) is 0 Å². The molecule has 1 heterocycles. The van der Waals surface area contributed by atoms with Gasteiger partial charge in [-0.05, 0) is 37.8 Å². The standard InChI is InChI=1S/C13H18ClFN2O/c14-9-3-5-11(12(15)8-9)13(17-16)6-4-10-2-1-7-18-10/h3,5,8,10,13,17H,1-2,4,6-7,16H2. The molecule has 0 bridgehead atoms. The van der Waals surface area contributed by atoms with Crippen molar-refractivity contribution in [2.45, 2.75) is 37.8 Å². The summed E-state index contributed by atoms with van der Waals surface area (Å²) in [6.07, 6.45) is 4.12. The van der Waals surface area contributed by atoms with Gasteiger partial charge in [-0.3, -0.25) is 11.3 Å². The molecule has 0 amide bonds. The van der Waals surface area contributed by atoms with Crippen molar-refractivity contribution in [2.24, 2.45) is 5.84 Å². The van der Waals surface area contributed by atoms with E-state index in [0.29, 0.717) is 10.6 Å². The zero-order valence-corrected chi connectivity index (χ0v) is 10.9. The second-order valence-electron chi connectivity index (χ2n) is 4.60. The lowest BCUT2D eigenvalue weighted by Crippen LogP contribution is -2.29. The summed E-state index contributed by atoms with van der Waals surface area (Å²) in [7, 11) is 0. The minimum atomic E-state index is -0.321. The Morgan fingerprint density at radius 1 is 1.56 bits per heavy atom. The molecular weight excluding hydrogens is 255 g/mol. The number of nitrogens with two attached hydrogens (primary N) is 1. The van der Waals surface area contributed by atoms with Gasteiger partial charge in [0, 0.05) is 23.2 Å². The third-order valence-electron chi connectivity index (χ3n) is 3.34. The molecule has 3 N–H and O–H groups in total. The van der Waals surface area contributed by atoms with Crippen molar-refractivity contribution >= 4 is 11.6 Å². The van der Waals surface area contributed by atoms with Gasteiger partial charge in [0.15, 0.2) is 0 Å². The number of hydrogen-bond donors (Lipinski definition) is 2. The lowest BCUT2D eigenvalue weighted by molar-refractivity contribution is 0.0995. The first kappa shape index (κ1) is 13.7. The third kappa shape index (κ3) is 3.42. The predicted molar refractivity (Wildman–Crippen MR) is 69.7 cm³/mol. The topological polar surface area (TPSA) is 47.3 Å². The summed E-state index contributed by atoms with van der Waals surface area (Å²) in [6.45, 7) is 0.834. The van der Waals surface area contributed by atoms with Crippen LogP contribution in [-0.2, 0) is 4.74 Å². The minimum absolute atomic E-state index is 0.202. The minimum Gasteiger partial charge on any atom is -0.378 e. The summed E-state index contributed by atoms with van der Waals surface area (Å²) in [5, 5.41) is 0.395. The number of hydrogen-bond acceptors (Lipinski definition) is 3. The first-order valence-corrected chi connectivity index (χ1v) is 6.61. The SMILES string of the molecule is NNC(CCC1CCCO1)c1ccc(Cl)cc1F. The highest BCUT2D eigenvalue weighted by atomic mass is 35.5. The molecule has 1 aliphatic rings. The van der Waals surface area contributed by atoms with E-state index in [-0.39, 0.29) is 18.0 Å². The smallest absolute Gasteiger partial charge is 0.129 e. The molecule has 5 heteroatoms. The second-order valence-corrected chi connectivity index (χ2v) is 5.03. The Kier molecular flexibility index (Phi) is 4.95. The van der Waals surface area contributed by atoms with Gasteiger partial charge in [-0.25, -0.2) is 4.39 Å². The van der Waals surface area contributed by atoms with Gasteiger partial charge in [0.05, 0.1) is 6.10 Å². The highest BCUT2D eigenvalue weighted by Gasteiger charge is 2.20. The number of hydrazine groups is 1. The number of nitrogens with one attached hydrogen (secondary N) is 1. The number of ether oxygens (including phenoxy) is 1. The molecule has 0 spiro atoms. The summed E-state index contributed by atoms with van der Waals surface area (Å²) in [4.78, 5) is 0. The highest BCUT2D eigenvalue weighted by molar-refractivity contribution is 6.30. The Hall–Kier alpha value is -0.680. The predicted octanol–water partition coefficient (Wildman–Crippen LogP) is 2.94. The second kappa shape index (κ2) is 6.48. The van der Waals surface area contributed by atoms with E-state index in [2.05, 4.69) is 5.43 Å². The van der Waals surface area contributed by atoms with E-state index in [9.17, 15) is 4.39 Å². The summed E-state index contributed by atoms with van der Waals surface area (Å²) in [6, 6.07) is 4.47. The summed E-state index contributed by atoms with van der Waals surface area (Å²) in [5.41, 5.74) is 3.22. The molecule has 1 aromatic carbocycles. The van der Waals surface area contributed by atoms with E-state index in [4.69, 9.17) is 22.2 Å². The molecule has 2 unspecified atom stereocenters. The molecule has 18 heavy (non-hydrogen) atoms. The molecule has 1 aliphatic heterocycles. The van der Waals surface area contributed by atoms with Crippen molar-refractivity contribution in [3.05, 3.63) is 34.6 Å².